The predicted octanol–water partition coefficient (Wildman–Crippen LogP) is 3.76. The molecule has 0 aromatic heterocycles. The zero-order valence-corrected chi connectivity index (χ0v) is 15.8. The molecular formula is C21H18F4N2O3. The summed E-state index contributed by atoms with van der Waals surface area (Å²) < 4.78 is 61.4. The number of carbonyl (C=O) groups excluding carboxylic acids is 1. The van der Waals surface area contributed by atoms with Gasteiger partial charge in [-0.1, -0.05) is 12.2 Å². The van der Waals surface area contributed by atoms with Gasteiger partial charge in [-0.05, 0) is 35.9 Å². The number of amides is 1. The van der Waals surface area contributed by atoms with Crippen LogP contribution in [0.2, 0.25) is 0 Å². The van der Waals surface area contributed by atoms with Crippen molar-refractivity contribution in [2.24, 2.45) is 0 Å². The Morgan fingerprint density at radius 2 is 1.63 bits per heavy atom. The molecule has 2 aromatic rings. The van der Waals surface area contributed by atoms with Gasteiger partial charge in [-0.15, -0.1) is 8.78 Å². The number of halogens is 4. The van der Waals surface area contributed by atoms with Gasteiger partial charge in [0, 0.05) is 44.4 Å². The average Bonchev–Trinajstić information content (AvgIpc) is 3.00. The molecular weight excluding hydrogens is 404 g/mol. The third-order valence-electron chi connectivity index (χ3n) is 4.87. The van der Waals surface area contributed by atoms with Crippen LogP contribution in [0.25, 0.3) is 6.08 Å². The zero-order valence-electron chi connectivity index (χ0n) is 15.8. The van der Waals surface area contributed by atoms with Crippen LogP contribution in [0.3, 0.4) is 0 Å². The van der Waals surface area contributed by atoms with E-state index in [1.807, 2.05) is 6.08 Å². The number of benzene rings is 2. The summed E-state index contributed by atoms with van der Waals surface area (Å²) in [5.74, 6) is -1.81. The van der Waals surface area contributed by atoms with Gasteiger partial charge < -0.3 is 14.4 Å². The Balaban J connectivity index is 1.30. The minimum absolute atomic E-state index is 0.105. The molecule has 2 aliphatic rings. The van der Waals surface area contributed by atoms with E-state index in [1.54, 1.807) is 11.0 Å². The number of nitrogens with zero attached hydrogens (tertiary/aromatic N) is 2. The maximum Gasteiger partial charge on any atom is 0.586 e. The summed E-state index contributed by atoms with van der Waals surface area (Å²) in [5, 5.41) is 0. The van der Waals surface area contributed by atoms with Crippen molar-refractivity contribution in [1.29, 1.82) is 0 Å². The van der Waals surface area contributed by atoms with Crippen molar-refractivity contribution < 1.29 is 31.8 Å². The van der Waals surface area contributed by atoms with Crippen LogP contribution in [0.4, 0.5) is 17.6 Å². The Morgan fingerprint density at radius 1 is 0.967 bits per heavy atom. The maximum absolute atomic E-state index is 13.2. The van der Waals surface area contributed by atoms with Gasteiger partial charge in [0.15, 0.2) is 11.5 Å². The maximum atomic E-state index is 13.2. The van der Waals surface area contributed by atoms with Gasteiger partial charge in [0.05, 0.1) is 0 Å². The first-order chi connectivity index (χ1) is 14.3. The van der Waals surface area contributed by atoms with Crippen LogP contribution < -0.4 is 9.47 Å². The van der Waals surface area contributed by atoms with Crippen molar-refractivity contribution in [2.75, 3.05) is 32.7 Å². The lowest BCUT2D eigenvalue weighted by atomic mass is 10.1. The van der Waals surface area contributed by atoms with Crippen molar-refractivity contribution in [3.8, 4) is 11.5 Å². The van der Waals surface area contributed by atoms with Gasteiger partial charge in [-0.2, -0.15) is 0 Å². The quantitative estimate of drug-likeness (QED) is 0.704. The molecule has 2 heterocycles. The first-order valence-corrected chi connectivity index (χ1v) is 9.33. The van der Waals surface area contributed by atoms with Gasteiger partial charge in [-0.25, -0.2) is 8.78 Å². The molecule has 0 N–H and O–H groups in total. The fourth-order valence-corrected chi connectivity index (χ4v) is 3.41. The molecule has 1 fully saturated rings. The highest BCUT2D eigenvalue weighted by Gasteiger charge is 2.43. The van der Waals surface area contributed by atoms with Crippen LogP contribution in [-0.2, 0) is 0 Å². The molecule has 0 bridgehead atoms. The number of piperazine rings is 1. The summed E-state index contributed by atoms with van der Waals surface area (Å²) in [6.45, 7) is 2.71. The highest BCUT2D eigenvalue weighted by Crippen LogP contribution is 2.41. The molecule has 1 saturated heterocycles. The highest BCUT2D eigenvalue weighted by molar-refractivity contribution is 5.95. The average molecular weight is 422 g/mol. The second-order valence-corrected chi connectivity index (χ2v) is 7.03. The molecule has 158 valence electrons. The van der Waals surface area contributed by atoms with E-state index in [0.717, 1.165) is 6.07 Å². The molecule has 9 heteroatoms. The Morgan fingerprint density at radius 3 is 2.33 bits per heavy atom. The molecule has 4 rings (SSSR count). The van der Waals surface area contributed by atoms with Crippen molar-refractivity contribution >= 4 is 12.0 Å². The number of fused-ring (bicyclic) bond motifs is 1. The molecule has 0 unspecified atom stereocenters. The van der Waals surface area contributed by atoms with Gasteiger partial charge in [-0.3, -0.25) is 9.69 Å². The van der Waals surface area contributed by atoms with E-state index in [0.29, 0.717) is 38.3 Å². The molecule has 0 aliphatic carbocycles. The SMILES string of the molecule is O=C(c1ccc2c(c1)OC(F)(F)O2)N1CCN(C/C=C/c2cc(F)cc(F)c2)CC1. The monoisotopic (exact) mass is 422 g/mol. The van der Waals surface area contributed by atoms with Crippen molar-refractivity contribution in [3.63, 3.8) is 0 Å². The van der Waals surface area contributed by atoms with Crippen LogP contribution in [-0.4, -0.2) is 54.7 Å². The number of ether oxygens (including phenoxy) is 2. The summed E-state index contributed by atoms with van der Waals surface area (Å²) in [4.78, 5) is 16.4. The molecule has 2 aromatic carbocycles. The molecule has 5 nitrogen and oxygen atoms in total. The normalized spacial score (nSPS) is 18.2. The largest absolute Gasteiger partial charge is 0.586 e. The van der Waals surface area contributed by atoms with Crippen LogP contribution in [0.15, 0.2) is 42.5 Å². The Labute approximate surface area is 170 Å². The van der Waals surface area contributed by atoms with Crippen LogP contribution in [0.5, 0.6) is 11.5 Å². The third-order valence-corrected chi connectivity index (χ3v) is 4.87. The number of hydrogen-bond donors (Lipinski definition) is 0. The topological polar surface area (TPSA) is 42.0 Å². The summed E-state index contributed by atoms with van der Waals surface area (Å²) in [6, 6.07) is 7.29. The molecule has 30 heavy (non-hydrogen) atoms. The second-order valence-electron chi connectivity index (χ2n) is 7.03. The van der Waals surface area contributed by atoms with E-state index in [4.69, 9.17) is 0 Å². The predicted molar refractivity (Wildman–Crippen MR) is 100 cm³/mol. The van der Waals surface area contributed by atoms with E-state index in [1.165, 1.54) is 30.3 Å². The first kappa shape index (κ1) is 20.2. The van der Waals surface area contributed by atoms with Gasteiger partial charge in [0.1, 0.15) is 11.6 Å². The summed E-state index contributed by atoms with van der Waals surface area (Å²) in [7, 11) is 0. The van der Waals surface area contributed by atoms with E-state index >= 15 is 0 Å². The number of rotatable bonds is 4. The lowest BCUT2D eigenvalue weighted by Gasteiger charge is -2.34. The Hall–Kier alpha value is -3.07. The lowest BCUT2D eigenvalue weighted by Crippen LogP contribution is -2.48. The zero-order chi connectivity index (χ0) is 21.3. The van der Waals surface area contributed by atoms with Crippen molar-refractivity contribution in [1.82, 2.24) is 9.80 Å². The standard InChI is InChI=1S/C21H18F4N2O3/c22-16-10-14(11-17(23)13-16)2-1-5-26-6-8-27(9-7-26)20(28)15-3-4-18-19(12-15)30-21(24,25)29-18/h1-4,10-13H,5-9H2/b2-1+. The summed E-state index contributed by atoms with van der Waals surface area (Å²) in [5.41, 5.74) is 0.686. The fourth-order valence-electron chi connectivity index (χ4n) is 3.41. The van der Waals surface area contributed by atoms with Crippen LogP contribution >= 0.6 is 0 Å². The van der Waals surface area contributed by atoms with E-state index < -0.39 is 17.9 Å². The minimum Gasteiger partial charge on any atom is -0.395 e. The van der Waals surface area contributed by atoms with Crippen molar-refractivity contribution in [2.45, 2.75) is 6.29 Å². The van der Waals surface area contributed by atoms with E-state index in [-0.39, 0.29) is 23.0 Å². The number of hydrogen-bond acceptors (Lipinski definition) is 4. The fraction of sp³-hybridized carbons (Fsp3) is 0.286. The van der Waals surface area contributed by atoms with Crippen molar-refractivity contribution in [3.05, 3.63) is 65.2 Å². The smallest absolute Gasteiger partial charge is 0.395 e. The minimum atomic E-state index is -3.72. The molecule has 2 aliphatic heterocycles. The van der Waals surface area contributed by atoms with Gasteiger partial charge >= 0.3 is 6.29 Å². The van der Waals surface area contributed by atoms with Gasteiger partial charge in [0.2, 0.25) is 0 Å². The van der Waals surface area contributed by atoms with E-state index in [2.05, 4.69) is 14.4 Å². The van der Waals surface area contributed by atoms with Crippen LogP contribution in [0, 0.1) is 11.6 Å². The Bertz CT molecular complexity index is 968. The molecule has 0 saturated carbocycles. The number of carbonyl (C=O) groups is 1. The molecule has 0 atom stereocenters. The Kier molecular flexibility index (Phi) is 5.38. The summed E-state index contributed by atoms with van der Waals surface area (Å²) in [6.07, 6.45) is -0.268. The lowest BCUT2D eigenvalue weighted by molar-refractivity contribution is -0.286. The van der Waals surface area contributed by atoms with Crippen LogP contribution in [0.1, 0.15) is 15.9 Å². The van der Waals surface area contributed by atoms with E-state index in [9.17, 15) is 22.4 Å². The first-order valence-electron chi connectivity index (χ1n) is 9.33. The second kappa shape index (κ2) is 7.98. The molecule has 0 spiro atoms. The van der Waals surface area contributed by atoms with Gasteiger partial charge in [0.25, 0.3) is 5.91 Å². The number of alkyl halides is 2. The summed E-state index contributed by atoms with van der Waals surface area (Å²) >= 11 is 0. The third kappa shape index (κ3) is 4.56. The highest BCUT2D eigenvalue weighted by atomic mass is 19.3. The molecule has 0 radical (unpaired) electrons. The molecule has 1 amide bonds.